The minimum atomic E-state index is -0.691. The van der Waals surface area contributed by atoms with Gasteiger partial charge in [-0.2, -0.15) is 4.98 Å². The lowest BCUT2D eigenvalue weighted by atomic mass is 10.1. The van der Waals surface area contributed by atoms with Crippen LogP contribution < -0.4 is 35.2 Å². The Hall–Kier alpha value is -5.27. The summed E-state index contributed by atoms with van der Waals surface area (Å²) in [5, 5.41) is 8.99. The summed E-state index contributed by atoms with van der Waals surface area (Å²) >= 11 is 13.5. The van der Waals surface area contributed by atoms with Crippen molar-refractivity contribution in [3.8, 4) is 11.5 Å². The van der Waals surface area contributed by atoms with Crippen molar-refractivity contribution in [1.29, 1.82) is 0 Å². The molecule has 4 aromatic rings. The first-order valence-electron chi connectivity index (χ1n) is 15.6. The smallest absolute Gasteiger partial charge is 0.412 e. The number of carbonyl (C=O) groups is 3. The van der Waals surface area contributed by atoms with Gasteiger partial charge < -0.3 is 24.8 Å². The molecule has 1 aliphatic rings. The van der Waals surface area contributed by atoms with Crippen LogP contribution in [0.5, 0.6) is 11.5 Å². The molecule has 0 bridgehead atoms. The number of ether oxygens (including phenoxy) is 3. The van der Waals surface area contributed by atoms with Crippen LogP contribution in [-0.4, -0.2) is 47.8 Å². The summed E-state index contributed by atoms with van der Waals surface area (Å²) < 4.78 is 16.3. The van der Waals surface area contributed by atoms with Gasteiger partial charge in [0.25, 0.3) is 0 Å². The van der Waals surface area contributed by atoms with E-state index in [9.17, 15) is 14.4 Å². The summed E-state index contributed by atoms with van der Waals surface area (Å²) in [5.41, 5.74) is 2.31. The van der Waals surface area contributed by atoms with E-state index in [4.69, 9.17) is 42.4 Å². The first-order chi connectivity index (χ1) is 23.8. The molecule has 0 fully saturated rings. The average Bonchev–Trinajstić information content (AvgIpc) is 3.07. The molecule has 4 amide bonds. The predicted molar refractivity (Wildman–Crippen MR) is 194 cm³/mol. The molecule has 13 nitrogen and oxygen atoms in total. The molecule has 0 atom stereocenters. The van der Waals surface area contributed by atoms with Crippen molar-refractivity contribution in [3.63, 3.8) is 0 Å². The monoisotopic (exact) mass is 721 g/mol. The van der Waals surface area contributed by atoms with Crippen LogP contribution in [0.15, 0.2) is 60.8 Å². The first-order valence-corrected chi connectivity index (χ1v) is 16.4. The topological polar surface area (TPSA) is 147 Å². The quantitative estimate of drug-likeness (QED) is 0.147. The second kappa shape index (κ2) is 15.1. The van der Waals surface area contributed by atoms with Crippen LogP contribution in [0.1, 0.15) is 45.2 Å². The maximum Gasteiger partial charge on any atom is 0.412 e. The van der Waals surface area contributed by atoms with Crippen LogP contribution in [-0.2, 0) is 22.6 Å². The molecule has 0 spiro atoms. The number of rotatable bonds is 10. The number of amides is 4. The van der Waals surface area contributed by atoms with Gasteiger partial charge in [-0.15, -0.1) is 0 Å². The number of hydrogen-bond acceptors (Lipinski definition) is 9. The van der Waals surface area contributed by atoms with Gasteiger partial charge in [-0.05, 0) is 50.6 Å². The second-order valence-corrected chi connectivity index (χ2v) is 12.9. The van der Waals surface area contributed by atoms with Crippen molar-refractivity contribution >= 4 is 75.7 Å². The number of urea groups is 1. The lowest BCUT2D eigenvalue weighted by molar-refractivity contribution is -0.115. The van der Waals surface area contributed by atoms with E-state index in [1.807, 2.05) is 6.07 Å². The molecule has 15 heteroatoms. The van der Waals surface area contributed by atoms with Crippen LogP contribution in [0.2, 0.25) is 10.0 Å². The maximum atomic E-state index is 14.5. The van der Waals surface area contributed by atoms with Crippen LogP contribution in [0.4, 0.5) is 44.1 Å². The Bertz CT molecular complexity index is 1910. The van der Waals surface area contributed by atoms with Gasteiger partial charge >= 0.3 is 12.1 Å². The van der Waals surface area contributed by atoms with Gasteiger partial charge in [0.1, 0.15) is 33.0 Å². The van der Waals surface area contributed by atoms with Crippen LogP contribution in [0.25, 0.3) is 0 Å². The van der Waals surface area contributed by atoms with Crippen molar-refractivity contribution in [3.05, 3.63) is 82.0 Å². The number of methoxy groups -OCH3 is 2. The van der Waals surface area contributed by atoms with Crippen LogP contribution in [0.3, 0.4) is 0 Å². The van der Waals surface area contributed by atoms with E-state index >= 15 is 0 Å². The SMILES string of the molecule is CCC(=O)Nc1cccc(CN2C(=O)N(c3c(Cl)c(OC)cc(OC)c3Cl)Cc3cnc(Nc4ccccc4NC(=O)OC(C)(C)C)nc32)c1. The van der Waals surface area contributed by atoms with E-state index in [1.54, 1.807) is 82.4 Å². The van der Waals surface area contributed by atoms with Crippen LogP contribution in [0, 0.1) is 0 Å². The molecule has 0 unspecified atom stereocenters. The third-order valence-electron chi connectivity index (χ3n) is 7.39. The number of benzene rings is 3. The summed E-state index contributed by atoms with van der Waals surface area (Å²) in [6, 6.07) is 15.2. The zero-order chi connectivity index (χ0) is 36.2. The molecule has 50 heavy (non-hydrogen) atoms. The molecular formula is C35H37Cl2N7O6. The molecule has 0 saturated heterocycles. The zero-order valence-corrected chi connectivity index (χ0v) is 29.9. The Balaban J connectivity index is 1.56. The third kappa shape index (κ3) is 8.12. The Morgan fingerprint density at radius 1 is 0.940 bits per heavy atom. The minimum absolute atomic E-state index is 0.0179. The van der Waals surface area contributed by atoms with Crippen molar-refractivity contribution in [2.45, 2.75) is 52.8 Å². The number of hydrogen-bond donors (Lipinski definition) is 3. The molecule has 1 aliphatic heterocycles. The molecule has 0 radical (unpaired) electrons. The number of carbonyl (C=O) groups excluding carboxylic acids is 3. The predicted octanol–water partition coefficient (Wildman–Crippen LogP) is 8.39. The highest BCUT2D eigenvalue weighted by Gasteiger charge is 2.37. The second-order valence-electron chi connectivity index (χ2n) is 12.2. The zero-order valence-electron chi connectivity index (χ0n) is 28.4. The highest BCUT2D eigenvalue weighted by atomic mass is 35.5. The van der Waals surface area contributed by atoms with Crippen molar-refractivity contribution in [1.82, 2.24) is 9.97 Å². The van der Waals surface area contributed by atoms with Gasteiger partial charge in [0.15, 0.2) is 0 Å². The number of nitrogens with zero attached hydrogens (tertiary/aromatic N) is 4. The summed E-state index contributed by atoms with van der Waals surface area (Å²) in [6.45, 7) is 7.16. The number of halogens is 2. The summed E-state index contributed by atoms with van der Waals surface area (Å²) in [4.78, 5) is 51.4. The van der Waals surface area contributed by atoms with Crippen LogP contribution >= 0.6 is 23.2 Å². The lowest BCUT2D eigenvalue weighted by Gasteiger charge is -2.37. The van der Waals surface area contributed by atoms with Gasteiger partial charge in [0.05, 0.1) is 44.4 Å². The Kier molecular flexibility index (Phi) is 10.9. The fourth-order valence-corrected chi connectivity index (χ4v) is 5.82. The van der Waals surface area contributed by atoms with Gasteiger partial charge in [-0.3, -0.25) is 19.9 Å². The number of fused-ring (bicyclic) bond motifs is 1. The van der Waals surface area contributed by atoms with E-state index in [0.717, 1.165) is 0 Å². The van der Waals surface area contributed by atoms with Crippen molar-refractivity contribution < 1.29 is 28.6 Å². The Morgan fingerprint density at radius 2 is 1.62 bits per heavy atom. The number of nitrogens with one attached hydrogen (secondary N) is 3. The molecule has 0 saturated carbocycles. The summed E-state index contributed by atoms with van der Waals surface area (Å²) in [5.74, 6) is 0.876. The standard InChI is InChI=1S/C35H37Cl2N7O6/c1-7-27(45)39-22-12-10-11-20(15-22)18-44-31-21(19-43(34(44)47)30-28(36)25(48-5)16-26(49-6)29(30)37)17-38-32(42-31)40-23-13-8-9-14-24(23)41-33(46)50-35(2,3)4/h8-17H,7,18-19H2,1-6H3,(H,39,45)(H,41,46)(H,38,40,42). The molecule has 1 aromatic heterocycles. The van der Waals surface area contributed by atoms with E-state index in [0.29, 0.717) is 40.4 Å². The van der Waals surface area contributed by atoms with E-state index in [-0.39, 0.29) is 52.2 Å². The summed E-state index contributed by atoms with van der Waals surface area (Å²) in [7, 11) is 2.90. The largest absolute Gasteiger partial charge is 0.495 e. The number of aromatic nitrogens is 2. The van der Waals surface area contributed by atoms with E-state index in [2.05, 4.69) is 20.9 Å². The molecule has 2 heterocycles. The maximum absolute atomic E-state index is 14.5. The highest BCUT2D eigenvalue weighted by molar-refractivity contribution is 6.42. The highest BCUT2D eigenvalue weighted by Crippen LogP contribution is 2.48. The molecule has 262 valence electrons. The van der Waals surface area contributed by atoms with Crippen molar-refractivity contribution in [2.24, 2.45) is 0 Å². The van der Waals surface area contributed by atoms with Crippen molar-refractivity contribution in [2.75, 3.05) is 40.0 Å². The minimum Gasteiger partial charge on any atom is -0.495 e. The third-order valence-corrected chi connectivity index (χ3v) is 8.12. The fourth-order valence-electron chi connectivity index (χ4n) is 5.12. The van der Waals surface area contributed by atoms with Gasteiger partial charge in [0, 0.05) is 29.9 Å². The van der Waals surface area contributed by atoms with Gasteiger partial charge in [-0.25, -0.2) is 14.6 Å². The average molecular weight is 723 g/mol. The normalized spacial score (nSPS) is 12.6. The molecule has 3 N–H and O–H groups in total. The number of anilines is 6. The molecular weight excluding hydrogens is 685 g/mol. The molecule has 3 aromatic carbocycles. The van der Waals surface area contributed by atoms with Gasteiger partial charge in [-0.1, -0.05) is 54.4 Å². The van der Waals surface area contributed by atoms with E-state index < -0.39 is 17.7 Å². The lowest BCUT2D eigenvalue weighted by Crippen LogP contribution is -2.48. The van der Waals surface area contributed by atoms with E-state index in [1.165, 1.54) is 24.0 Å². The fraction of sp³-hybridized carbons (Fsp3) is 0.286. The Labute approximate surface area is 299 Å². The summed E-state index contributed by atoms with van der Waals surface area (Å²) in [6.07, 6.45) is 1.28. The Morgan fingerprint density at radius 3 is 2.26 bits per heavy atom. The number of para-hydroxylation sites is 2. The molecule has 5 rings (SSSR count). The molecule has 0 aliphatic carbocycles. The first kappa shape index (κ1) is 36.0. The van der Waals surface area contributed by atoms with Gasteiger partial charge in [0.2, 0.25) is 11.9 Å².